The van der Waals surface area contributed by atoms with E-state index in [2.05, 4.69) is 32.1 Å². The Labute approximate surface area is 131 Å². The quantitative estimate of drug-likeness (QED) is 0.926. The number of aromatic nitrogens is 3. The SMILES string of the molecule is CC1CCCCC1Nc1nc(Cl)nc(N2CCCCC2)n1. The van der Waals surface area contributed by atoms with Gasteiger partial charge < -0.3 is 10.2 Å². The lowest BCUT2D eigenvalue weighted by Crippen LogP contribution is -2.33. The highest BCUT2D eigenvalue weighted by atomic mass is 35.5. The van der Waals surface area contributed by atoms with E-state index in [-0.39, 0.29) is 5.28 Å². The molecule has 2 fully saturated rings. The van der Waals surface area contributed by atoms with Gasteiger partial charge in [0.2, 0.25) is 17.2 Å². The van der Waals surface area contributed by atoms with Crippen LogP contribution in [0.1, 0.15) is 51.9 Å². The Hall–Kier alpha value is -1.10. The summed E-state index contributed by atoms with van der Waals surface area (Å²) in [6, 6.07) is 0.450. The smallest absolute Gasteiger partial charge is 0.231 e. The molecule has 2 unspecified atom stereocenters. The van der Waals surface area contributed by atoms with Gasteiger partial charge in [0.05, 0.1) is 0 Å². The molecule has 1 N–H and O–H groups in total. The molecule has 1 saturated carbocycles. The third-order valence-corrected chi connectivity index (χ3v) is 4.83. The van der Waals surface area contributed by atoms with Crippen molar-refractivity contribution in [2.75, 3.05) is 23.3 Å². The summed E-state index contributed by atoms with van der Waals surface area (Å²) >= 11 is 6.09. The number of hydrogen-bond donors (Lipinski definition) is 1. The lowest BCUT2D eigenvalue weighted by molar-refractivity contribution is 0.348. The highest BCUT2D eigenvalue weighted by Crippen LogP contribution is 2.26. The topological polar surface area (TPSA) is 53.9 Å². The molecule has 1 aromatic heterocycles. The molecule has 6 heteroatoms. The fourth-order valence-electron chi connectivity index (χ4n) is 3.34. The van der Waals surface area contributed by atoms with Crippen molar-refractivity contribution in [3.63, 3.8) is 0 Å². The van der Waals surface area contributed by atoms with Gasteiger partial charge in [-0.25, -0.2) is 0 Å². The lowest BCUT2D eigenvalue weighted by Gasteiger charge is -2.30. The van der Waals surface area contributed by atoms with E-state index in [0.717, 1.165) is 19.0 Å². The standard InChI is InChI=1S/C15H24ClN5/c1-11-7-3-4-8-12(11)17-14-18-13(16)19-15(20-14)21-9-5-2-6-10-21/h11-12H,2-10H2,1H3,(H,17,18,19,20). The molecule has 1 aromatic rings. The molecule has 0 bridgehead atoms. The van der Waals surface area contributed by atoms with Crippen LogP contribution in [0.4, 0.5) is 11.9 Å². The van der Waals surface area contributed by atoms with E-state index in [4.69, 9.17) is 11.6 Å². The van der Waals surface area contributed by atoms with Crippen molar-refractivity contribution in [2.24, 2.45) is 5.92 Å². The van der Waals surface area contributed by atoms with Gasteiger partial charge in [0.15, 0.2) is 0 Å². The third-order valence-electron chi connectivity index (χ3n) is 4.66. The summed E-state index contributed by atoms with van der Waals surface area (Å²) in [4.78, 5) is 15.4. The van der Waals surface area contributed by atoms with E-state index in [1.165, 1.54) is 44.9 Å². The minimum Gasteiger partial charge on any atom is -0.351 e. The van der Waals surface area contributed by atoms with E-state index in [0.29, 0.717) is 17.9 Å². The van der Waals surface area contributed by atoms with Crippen LogP contribution in [0.2, 0.25) is 5.28 Å². The van der Waals surface area contributed by atoms with Crippen LogP contribution in [0.5, 0.6) is 0 Å². The Kier molecular flexibility index (Phi) is 4.78. The molecular formula is C15H24ClN5. The number of rotatable bonds is 3. The molecule has 0 spiro atoms. The van der Waals surface area contributed by atoms with Crippen LogP contribution in [-0.2, 0) is 0 Å². The van der Waals surface area contributed by atoms with Gasteiger partial charge >= 0.3 is 0 Å². The molecule has 5 nitrogen and oxygen atoms in total. The molecule has 1 saturated heterocycles. The molecular weight excluding hydrogens is 286 g/mol. The summed E-state index contributed by atoms with van der Waals surface area (Å²) in [5.41, 5.74) is 0. The number of anilines is 2. The van der Waals surface area contributed by atoms with Crippen LogP contribution in [-0.4, -0.2) is 34.1 Å². The Bertz CT molecular complexity index is 475. The van der Waals surface area contributed by atoms with E-state index in [9.17, 15) is 0 Å². The summed E-state index contributed by atoms with van der Waals surface area (Å²) in [5.74, 6) is 2.02. The second-order valence-corrected chi connectivity index (χ2v) is 6.63. The average Bonchev–Trinajstić information content (AvgIpc) is 2.50. The monoisotopic (exact) mass is 309 g/mol. The van der Waals surface area contributed by atoms with Crippen LogP contribution < -0.4 is 10.2 Å². The van der Waals surface area contributed by atoms with Crippen LogP contribution in [0.3, 0.4) is 0 Å². The first-order valence-electron chi connectivity index (χ1n) is 8.15. The van der Waals surface area contributed by atoms with Crippen molar-refractivity contribution in [1.82, 2.24) is 15.0 Å². The minimum atomic E-state index is 0.288. The maximum absolute atomic E-state index is 6.09. The van der Waals surface area contributed by atoms with Gasteiger partial charge in [0.1, 0.15) is 0 Å². The van der Waals surface area contributed by atoms with E-state index in [1.807, 2.05) is 0 Å². The van der Waals surface area contributed by atoms with Crippen molar-refractivity contribution in [3.8, 4) is 0 Å². The summed E-state index contributed by atoms with van der Waals surface area (Å²) in [6.45, 7) is 4.32. The first-order valence-corrected chi connectivity index (χ1v) is 8.53. The van der Waals surface area contributed by atoms with Crippen molar-refractivity contribution in [2.45, 2.75) is 57.9 Å². The highest BCUT2D eigenvalue weighted by Gasteiger charge is 2.23. The zero-order valence-corrected chi connectivity index (χ0v) is 13.4. The average molecular weight is 310 g/mol. The number of nitrogens with zero attached hydrogens (tertiary/aromatic N) is 4. The first-order chi connectivity index (χ1) is 10.2. The van der Waals surface area contributed by atoms with Crippen LogP contribution >= 0.6 is 11.6 Å². The minimum absolute atomic E-state index is 0.288. The third kappa shape index (κ3) is 3.76. The zero-order valence-electron chi connectivity index (χ0n) is 12.7. The predicted octanol–water partition coefficient (Wildman–Crippen LogP) is 3.51. The maximum Gasteiger partial charge on any atom is 0.231 e. The van der Waals surface area contributed by atoms with Crippen LogP contribution in [0, 0.1) is 5.92 Å². The molecule has 2 heterocycles. The Balaban J connectivity index is 1.73. The second kappa shape index (κ2) is 6.77. The lowest BCUT2D eigenvalue weighted by atomic mass is 9.86. The zero-order chi connectivity index (χ0) is 14.7. The van der Waals surface area contributed by atoms with Gasteiger partial charge in [-0.15, -0.1) is 0 Å². The summed E-state index contributed by atoms with van der Waals surface area (Å²) in [7, 11) is 0. The van der Waals surface area contributed by atoms with Gasteiger partial charge in [-0.05, 0) is 49.6 Å². The Morgan fingerprint density at radius 3 is 2.52 bits per heavy atom. The van der Waals surface area contributed by atoms with Gasteiger partial charge in [-0.2, -0.15) is 15.0 Å². The largest absolute Gasteiger partial charge is 0.351 e. The van der Waals surface area contributed by atoms with Gasteiger partial charge in [0, 0.05) is 19.1 Å². The Morgan fingerprint density at radius 2 is 1.76 bits per heavy atom. The molecule has 0 radical (unpaired) electrons. The van der Waals surface area contributed by atoms with Gasteiger partial charge in [0.25, 0.3) is 0 Å². The van der Waals surface area contributed by atoms with E-state index < -0.39 is 0 Å². The number of halogens is 1. The fraction of sp³-hybridized carbons (Fsp3) is 0.800. The van der Waals surface area contributed by atoms with Crippen LogP contribution in [0.15, 0.2) is 0 Å². The van der Waals surface area contributed by atoms with Crippen molar-refractivity contribution < 1.29 is 0 Å². The summed E-state index contributed by atoms with van der Waals surface area (Å²) in [6.07, 6.45) is 8.76. The van der Waals surface area contributed by atoms with Crippen molar-refractivity contribution >= 4 is 23.5 Å². The molecule has 21 heavy (non-hydrogen) atoms. The van der Waals surface area contributed by atoms with E-state index >= 15 is 0 Å². The summed E-state index contributed by atoms with van der Waals surface area (Å²) < 4.78 is 0. The van der Waals surface area contributed by atoms with Crippen molar-refractivity contribution in [3.05, 3.63) is 5.28 Å². The highest BCUT2D eigenvalue weighted by molar-refractivity contribution is 6.28. The fourth-order valence-corrected chi connectivity index (χ4v) is 3.49. The van der Waals surface area contributed by atoms with Gasteiger partial charge in [-0.3, -0.25) is 0 Å². The molecule has 2 aliphatic rings. The number of nitrogens with one attached hydrogen (secondary N) is 1. The number of piperidine rings is 1. The molecule has 1 aliphatic carbocycles. The molecule has 116 valence electrons. The van der Waals surface area contributed by atoms with Gasteiger partial charge in [-0.1, -0.05) is 19.8 Å². The second-order valence-electron chi connectivity index (χ2n) is 6.29. The van der Waals surface area contributed by atoms with E-state index in [1.54, 1.807) is 0 Å². The van der Waals surface area contributed by atoms with Crippen molar-refractivity contribution in [1.29, 1.82) is 0 Å². The summed E-state index contributed by atoms with van der Waals surface area (Å²) in [5, 5.41) is 3.77. The maximum atomic E-state index is 6.09. The normalized spacial score (nSPS) is 26.7. The Morgan fingerprint density at radius 1 is 1.00 bits per heavy atom. The van der Waals surface area contributed by atoms with Crippen LogP contribution in [0.25, 0.3) is 0 Å². The molecule has 1 aliphatic heterocycles. The number of hydrogen-bond acceptors (Lipinski definition) is 5. The molecule has 0 amide bonds. The first kappa shape index (κ1) is 14.8. The molecule has 0 aromatic carbocycles. The molecule has 2 atom stereocenters. The molecule has 3 rings (SSSR count). The predicted molar refractivity (Wildman–Crippen MR) is 85.9 cm³/mol.